The minimum atomic E-state index is -0.259. The number of nitrogens with two attached hydrogens (primary N) is 1. The van der Waals surface area contributed by atoms with E-state index < -0.39 is 0 Å². The smallest absolute Gasteiger partial charge is 0.123 e. The summed E-state index contributed by atoms with van der Waals surface area (Å²) in [5.74, 6) is 0.516. The van der Waals surface area contributed by atoms with Crippen molar-refractivity contribution in [3.05, 3.63) is 53.8 Å². The molecule has 2 nitrogen and oxygen atoms in total. The zero-order valence-electron chi connectivity index (χ0n) is 10.5. The van der Waals surface area contributed by atoms with Gasteiger partial charge in [0.25, 0.3) is 0 Å². The summed E-state index contributed by atoms with van der Waals surface area (Å²) in [4.78, 5) is 0. The summed E-state index contributed by atoms with van der Waals surface area (Å²) in [5, 5.41) is 0. The molecular formula is C15H16FNO. The summed E-state index contributed by atoms with van der Waals surface area (Å²) < 4.78 is 18.5. The number of methoxy groups -OCH3 is 1. The third-order valence-corrected chi connectivity index (χ3v) is 2.91. The standard InChI is InChI=1S/C15H16FNO/c1-10(17)14-8-5-12(16)9-15(14)11-3-6-13(18-2)7-4-11/h3-10H,17H2,1-2H3. The first-order valence-electron chi connectivity index (χ1n) is 5.81. The van der Waals surface area contributed by atoms with Gasteiger partial charge >= 0.3 is 0 Å². The van der Waals surface area contributed by atoms with Crippen LogP contribution in [0.4, 0.5) is 4.39 Å². The average Bonchev–Trinajstić information content (AvgIpc) is 2.38. The van der Waals surface area contributed by atoms with Gasteiger partial charge in [0.1, 0.15) is 11.6 Å². The molecule has 0 spiro atoms. The van der Waals surface area contributed by atoms with Gasteiger partial charge in [-0.2, -0.15) is 0 Å². The van der Waals surface area contributed by atoms with E-state index in [1.165, 1.54) is 12.1 Å². The molecule has 2 aromatic carbocycles. The lowest BCUT2D eigenvalue weighted by Gasteiger charge is -2.13. The average molecular weight is 245 g/mol. The lowest BCUT2D eigenvalue weighted by Crippen LogP contribution is -2.06. The summed E-state index contributed by atoms with van der Waals surface area (Å²) in [7, 11) is 1.62. The summed E-state index contributed by atoms with van der Waals surface area (Å²) in [6.45, 7) is 1.89. The fourth-order valence-corrected chi connectivity index (χ4v) is 1.95. The Hall–Kier alpha value is -1.87. The first-order valence-corrected chi connectivity index (χ1v) is 5.81. The molecule has 0 amide bonds. The highest BCUT2D eigenvalue weighted by atomic mass is 19.1. The molecule has 2 rings (SSSR count). The highest BCUT2D eigenvalue weighted by Gasteiger charge is 2.10. The Balaban J connectivity index is 2.50. The van der Waals surface area contributed by atoms with Crippen LogP contribution in [0.25, 0.3) is 11.1 Å². The highest BCUT2D eigenvalue weighted by Crippen LogP contribution is 2.29. The zero-order chi connectivity index (χ0) is 13.1. The second-order valence-electron chi connectivity index (χ2n) is 4.25. The van der Waals surface area contributed by atoms with Gasteiger partial charge in [0.15, 0.2) is 0 Å². The molecule has 2 aromatic rings. The van der Waals surface area contributed by atoms with Crippen molar-refractivity contribution in [1.29, 1.82) is 0 Å². The number of ether oxygens (including phenoxy) is 1. The van der Waals surface area contributed by atoms with Crippen LogP contribution < -0.4 is 10.5 Å². The molecule has 0 aliphatic heterocycles. The Kier molecular flexibility index (Phi) is 3.63. The van der Waals surface area contributed by atoms with Crippen LogP contribution in [0, 0.1) is 5.82 Å². The van der Waals surface area contributed by atoms with E-state index in [4.69, 9.17) is 10.5 Å². The number of benzene rings is 2. The molecule has 0 bridgehead atoms. The topological polar surface area (TPSA) is 35.2 Å². The molecule has 0 heterocycles. The van der Waals surface area contributed by atoms with Crippen LogP contribution in [0.2, 0.25) is 0 Å². The lowest BCUT2D eigenvalue weighted by atomic mass is 9.96. The van der Waals surface area contributed by atoms with Crippen LogP contribution in [0.15, 0.2) is 42.5 Å². The van der Waals surface area contributed by atoms with Crippen LogP contribution in [0.3, 0.4) is 0 Å². The molecule has 0 saturated heterocycles. The molecule has 1 atom stereocenters. The van der Waals surface area contributed by atoms with Crippen LogP contribution >= 0.6 is 0 Å². The van der Waals surface area contributed by atoms with Crippen molar-refractivity contribution in [3.63, 3.8) is 0 Å². The monoisotopic (exact) mass is 245 g/mol. The second-order valence-corrected chi connectivity index (χ2v) is 4.25. The minimum absolute atomic E-state index is 0.136. The Morgan fingerprint density at radius 1 is 1.11 bits per heavy atom. The van der Waals surface area contributed by atoms with Gasteiger partial charge in [0.05, 0.1) is 7.11 Å². The van der Waals surface area contributed by atoms with Gasteiger partial charge < -0.3 is 10.5 Å². The van der Waals surface area contributed by atoms with Crippen molar-refractivity contribution >= 4 is 0 Å². The SMILES string of the molecule is COc1ccc(-c2cc(F)ccc2C(C)N)cc1. The quantitative estimate of drug-likeness (QED) is 0.898. The van der Waals surface area contributed by atoms with E-state index >= 15 is 0 Å². The molecule has 2 N–H and O–H groups in total. The van der Waals surface area contributed by atoms with Gasteiger partial charge in [-0.25, -0.2) is 4.39 Å². The Bertz CT molecular complexity index is 535. The third-order valence-electron chi connectivity index (χ3n) is 2.91. The van der Waals surface area contributed by atoms with Crippen molar-refractivity contribution in [1.82, 2.24) is 0 Å². The van der Waals surface area contributed by atoms with Crippen molar-refractivity contribution in [2.75, 3.05) is 7.11 Å². The fraction of sp³-hybridized carbons (Fsp3) is 0.200. The van der Waals surface area contributed by atoms with Crippen LogP contribution in [-0.4, -0.2) is 7.11 Å². The largest absolute Gasteiger partial charge is 0.497 e. The van der Waals surface area contributed by atoms with Crippen LogP contribution in [0.5, 0.6) is 5.75 Å². The second kappa shape index (κ2) is 5.19. The van der Waals surface area contributed by atoms with E-state index in [0.717, 1.165) is 22.4 Å². The van der Waals surface area contributed by atoms with E-state index in [0.29, 0.717) is 0 Å². The molecule has 0 radical (unpaired) electrons. The van der Waals surface area contributed by atoms with Crippen LogP contribution in [0.1, 0.15) is 18.5 Å². The summed E-state index contributed by atoms with van der Waals surface area (Å²) >= 11 is 0. The molecule has 0 aliphatic rings. The predicted molar refractivity (Wildman–Crippen MR) is 71.0 cm³/mol. The molecule has 0 fully saturated rings. The molecule has 0 aromatic heterocycles. The molecule has 0 aliphatic carbocycles. The van der Waals surface area contributed by atoms with Gasteiger partial charge in [-0.05, 0) is 47.9 Å². The first kappa shape index (κ1) is 12.6. The lowest BCUT2D eigenvalue weighted by molar-refractivity contribution is 0.415. The third kappa shape index (κ3) is 2.51. The van der Waals surface area contributed by atoms with E-state index in [1.807, 2.05) is 31.2 Å². The summed E-state index contributed by atoms with van der Waals surface area (Å²) in [6.07, 6.45) is 0. The first-order chi connectivity index (χ1) is 8.61. The fourth-order valence-electron chi connectivity index (χ4n) is 1.95. The Morgan fingerprint density at radius 2 is 1.78 bits per heavy atom. The van der Waals surface area contributed by atoms with Gasteiger partial charge in [0.2, 0.25) is 0 Å². The molecule has 18 heavy (non-hydrogen) atoms. The highest BCUT2D eigenvalue weighted by molar-refractivity contribution is 5.68. The Morgan fingerprint density at radius 3 is 2.33 bits per heavy atom. The maximum absolute atomic E-state index is 13.4. The van der Waals surface area contributed by atoms with Crippen molar-refractivity contribution < 1.29 is 9.13 Å². The van der Waals surface area contributed by atoms with Gasteiger partial charge in [0, 0.05) is 6.04 Å². The van der Waals surface area contributed by atoms with E-state index in [-0.39, 0.29) is 11.9 Å². The van der Waals surface area contributed by atoms with Gasteiger partial charge in [-0.3, -0.25) is 0 Å². The van der Waals surface area contributed by atoms with Gasteiger partial charge in [-0.1, -0.05) is 18.2 Å². The summed E-state index contributed by atoms with van der Waals surface area (Å²) in [5.41, 5.74) is 8.60. The number of hydrogen-bond acceptors (Lipinski definition) is 2. The molecule has 1 unspecified atom stereocenters. The normalized spacial score (nSPS) is 12.2. The van der Waals surface area contributed by atoms with Crippen molar-refractivity contribution in [3.8, 4) is 16.9 Å². The Labute approximate surface area is 106 Å². The molecule has 94 valence electrons. The molecule has 0 saturated carbocycles. The van der Waals surface area contributed by atoms with Crippen molar-refractivity contribution in [2.24, 2.45) is 5.73 Å². The number of hydrogen-bond donors (Lipinski definition) is 1. The zero-order valence-corrected chi connectivity index (χ0v) is 10.5. The maximum atomic E-state index is 13.4. The predicted octanol–water partition coefficient (Wildman–Crippen LogP) is 3.52. The number of rotatable bonds is 3. The van der Waals surface area contributed by atoms with Gasteiger partial charge in [-0.15, -0.1) is 0 Å². The summed E-state index contributed by atoms with van der Waals surface area (Å²) in [6, 6.07) is 12.1. The number of halogens is 1. The molecular weight excluding hydrogens is 229 g/mol. The van der Waals surface area contributed by atoms with Crippen LogP contribution in [-0.2, 0) is 0 Å². The van der Waals surface area contributed by atoms with E-state index in [9.17, 15) is 4.39 Å². The van der Waals surface area contributed by atoms with E-state index in [2.05, 4.69) is 0 Å². The minimum Gasteiger partial charge on any atom is -0.497 e. The molecule has 3 heteroatoms. The van der Waals surface area contributed by atoms with E-state index in [1.54, 1.807) is 13.2 Å². The van der Waals surface area contributed by atoms with Crippen molar-refractivity contribution in [2.45, 2.75) is 13.0 Å². The maximum Gasteiger partial charge on any atom is 0.123 e.